The second-order valence-corrected chi connectivity index (χ2v) is 5.99. The van der Waals surface area contributed by atoms with Gasteiger partial charge in [-0.05, 0) is 18.6 Å². The van der Waals surface area contributed by atoms with Crippen LogP contribution < -0.4 is 15.2 Å². The van der Waals surface area contributed by atoms with Crippen molar-refractivity contribution in [2.24, 2.45) is 5.73 Å². The minimum atomic E-state index is -0.0139. The minimum Gasteiger partial charge on any atom is -0.486 e. The predicted octanol–water partition coefficient (Wildman–Crippen LogP) is 4.29. The molecule has 0 aromatic heterocycles. The molecule has 1 aliphatic rings. The number of hydrogen-bond donors (Lipinski definition) is 1. The molecule has 1 aliphatic heterocycles. The van der Waals surface area contributed by atoms with E-state index in [4.69, 9.17) is 15.2 Å². The summed E-state index contributed by atoms with van der Waals surface area (Å²) in [5.74, 6) is 1.65. The van der Waals surface area contributed by atoms with Gasteiger partial charge >= 0.3 is 0 Å². The third-order valence-electron chi connectivity index (χ3n) is 4.15. The highest BCUT2D eigenvalue weighted by Gasteiger charge is 2.25. The minimum absolute atomic E-state index is 0.0139. The normalized spacial score (nSPS) is 18.5. The summed E-state index contributed by atoms with van der Waals surface area (Å²) in [4.78, 5) is 0. The van der Waals surface area contributed by atoms with Crippen molar-refractivity contribution in [2.45, 2.75) is 70.4 Å². The third-order valence-corrected chi connectivity index (χ3v) is 4.15. The summed E-state index contributed by atoms with van der Waals surface area (Å²) in [7, 11) is 0. The lowest BCUT2D eigenvalue weighted by atomic mass is 10.0. The first-order chi connectivity index (χ1) is 10.3. The van der Waals surface area contributed by atoms with Gasteiger partial charge in [-0.2, -0.15) is 0 Å². The maximum absolute atomic E-state index is 6.26. The maximum atomic E-state index is 6.26. The zero-order chi connectivity index (χ0) is 14.9. The molecule has 1 aromatic carbocycles. The predicted molar refractivity (Wildman–Crippen MR) is 86.9 cm³/mol. The Labute approximate surface area is 128 Å². The summed E-state index contributed by atoms with van der Waals surface area (Å²) in [6.45, 7) is 2.82. The number of fused-ring (bicyclic) bond motifs is 1. The third kappa shape index (κ3) is 5.24. The summed E-state index contributed by atoms with van der Waals surface area (Å²) in [5.41, 5.74) is 6.26. The van der Waals surface area contributed by atoms with Gasteiger partial charge in [0.25, 0.3) is 0 Å². The zero-order valence-electron chi connectivity index (χ0n) is 13.2. The fourth-order valence-corrected chi connectivity index (χ4v) is 2.77. The van der Waals surface area contributed by atoms with E-state index in [2.05, 4.69) is 6.92 Å². The molecule has 118 valence electrons. The number of hydrogen-bond acceptors (Lipinski definition) is 3. The number of benzene rings is 1. The topological polar surface area (TPSA) is 44.5 Å². The lowest BCUT2D eigenvalue weighted by Gasteiger charge is -2.30. The number of unbranched alkanes of at least 4 members (excludes halogenated alkanes) is 6. The van der Waals surface area contributed by atoms with Crippen molar-refractivity contribution in [3.63, 3.8) is 0 Å². The first kappa shape index (κ1) is 16.2. The van der Waals surface area contributed by atoms with Gasteiger partial charge in [-0.15, -0.1) is 0 Å². The van der Waals surface area contributed by atoms with Crippen LogP contribution in [-0.4, -0.2) is 18.8 Å². The summed E-state index contributed by atoms with van der Waals surface area (Å²) in [5, 5.41) is 0. The van der Waals surface area contributed by atoms with Gasteiger partial charge in [-0.25, -0.2) is 0 Å². The molecule has 2 N–H and O–H groups in total. The fraction of sp³-hybridized carbons (Fsp3) is 0.667. The molecule has 0 amide bonds. The molecule has 1 heterocycles. The molecule has 0 aliphatic carbocycles. The van der Waals surface area contributed by atoms with Gasteiger partial charge in [-0.3, -0.25) is 0 Å². The van der Waals surface area contributed by atoms with Gasteiger partial charge < -0.3 is 15.2 Å². The van der Waals surface area contributed by atoms with Gasteiger partial charge in [0.15, 0.2) is 11.5 Å². The van der Waals surface area contributed by atoms with Crippen molar-refractivity contribution in [3.05, 3.63) is 24.3 Å². The summed E-state index contributed by atoms with van der Waals surface area (Å²) in [6.07, 6.45) is 10.2. The standard InChI is InChI=1S/C18H29NO2/c1-2-3-4-5-6-7-8-11-15(19)18-14-20-16-12-9-10-13-17(16)21-18/h9-10,12-13,15,18H,2-8,11,14,19H2,1H3. The van der Waals surface area contributed by atoms with Crippen molar-refractivity contribution in [2.75, 3.05) is 6.61 Å². The summed E-state index contributed by atoms with van der Waals surface area (Å²) < 4.78 is 11.7. The van der Waals surface area contributed by atoms with Crippen molar-refractivity contribution in [1.82, 2.24) is 0 Å². The molecule has 0 radical (unpaired) electrons. The van der Waals surface area contributed by atoms with E-state index in [0.29, 0.717) is 6.61 Å². The number of para-hydroxylation sites is 2. The maximum Gasteiger partial charge on any atom is 0.161 e. The van der Waals surface area contributed by atoms with Crippen LogP contribution in [0.15, 0.2) is 24.3 Å². The van der Waals surface area contributed by atoms with Gasteiger partial charge in [0.2, 0.25) is 0 Å². The molecule has 0 spiro atoms. The molecule has 0 bridgehead atoms. The Morgan fingerprint density at radius 3 is 2.48 bits per heavy atom. The first-order valence-corrected chi connectivity index (χ1v) is 8.45. The lowest BCUT2D eigenvalue weighted by molar-refractivity contribution is 0.0694. The Balaban J connectivity index is 1.62. The van der Waals surface area contributed by atoms with Crippen LogP contribution in [0.1, 0.15) is 58.3 Å². The van der Waals surface area contributed by atoms with Gasteiger partial charge in [-0.1, -0.05) is 64.0 Å². The van der Waals surface area contributed by atoms with E-state index in [9.17, 15) is 0 Å². The monoisotopic (exact) mass is 291 g/mol. The Bertz CT molecular complexity index is 408. The van der Waals surface area contributed by atoms with Crippen molar-refractivity contribution < 1.29 is 9.47 Å². The van der Waals surface area contributed by atoms with E-state index in [0.717, 1.165) is 17.9 Å². The quantitative estimate of drug-likeness (QED) is 0.690. The highest BCUT2D eigenvalue weighted by molar-refractivity contribution is 5.40. The second kappa shape index (κ2) is 8.93. The van der Waals surface area contributed by atoms with E-state index in [-0.39, 0.29) is 12.1 Å². The summed E-state index contributed by atoms with van der Waals surface area (Å²) >= 11 is 0. The van der Waals surface area contributed by atoms with E-state index in [1.54, 1.807) is 0 Å². The molecular weight excluding hydrogens is 262 g/mol. The van der Waals surface area contributed by atoms with Crippen molar-refractivity contribution in [3.8, 4) is 11.5 Å². The van der Waals surface area contributed by atoms with E-state index in [1.807, 2.05) is 24.3 Å². The molecule has 3 heteroatoms. The fourth-order valence-electron chi connectivity index (χ4n) is 2.77. The molecule has 1 aromatic rings. The zero-order valence-corrected chi connectivity index (χ0v) is 13.2. The largest absolute Gasteiger partial charge is 0.486 e. The van der Waals surface area contributed by atoms with Crippen LogP contribution in [0.25, 0.3) is 0 Å². The van der Waals surface area contributed by atoms with Crippen molar-refractivity contribution >= 4 is 0 Å². The molecule has 0 fully saturated rings. The first-order valence-electron chi connectivity index (χ1n) is 8.45. The molecule has 0 saturated carbocycles. The average molecular weight is 291 g/mol. The molecular formula is C18H29NO2. The molecule has 2 unspecified atom stereocenters. The van der Waals surface area contributed by atoms with Crippen molar-refractivity contribution in [1.29, 1.82) is 0 Å². The molecule has 21 heavy (non-hydrogen) atoms. The highest BCUT2D eigenvalue weighted by Crippen LogP contribution is 2.31. The van der Waals surface area contributed by atoms with Crippen LogP contribution in [0.2, 0.25) is 0 Å². The van der Waals surface area contributed by atoms with Crippen LogP contribution in [-0.2, 0) is 0 Å². The Kier molecular flexibility index (Phi) is 6.87. The molecule has 0 saturated heterocycles. The van der Waals surface area contributed by atoms with Gasteiger partial charge in [0.05, 0.1) is 0 Å². The van der Waals surface area contributed by atoms with E-state index >= 15 is 0 Å². The summed E-state index contributed by atoms with van der Waals surface area (Å²) in [6, 6.07) is 7.87. The molecule has 2 rings (SSSR count). The van der Waals surface area contributed by atoms with Gasteiger partial charge in [0.1, 0.15) is 12.7 Å². The Morgan fingerprint density at radius 2 is 1.71 bits per heavy atom. The van der Waals surface area contributed by atoms with E-state index < -0.39 is 0 Å². The number of nitrogens with two attached hydrogens (primary N) is 1. The van der Waals surface area contributed by atoms with Crippen LogP contribution in [0, 0.1) is 0 Å². The van der Waals surface area contributed by atoms with Crippen LogP contribution in [0.5, 0.6) is 11.5 Å². The van der Waals surface area contributed by atoms with Crippen LogP contribution in [0.4, 0.5) is 0 Å². The molecule has 2 atom stereocenters. The average Bonchev–Trinajstić information content (AvgIpc) is 2.53. The molecule has 3 nitrogen and oxygen atoms in total. The number of ether oxygens (including phenoxy) is 2. The Morgan fingerprint density at radius 1 is 1.05 bits per heavy atom. The van der Waals surface area contributed by atoms with E-state index in [1.165, 1.54) is 44.9 Å². The van der Waals surface area contributed by atoms with Crippen LogP contribution >= 0.6 is 0 Å². The smallest absolute Gasteiger partial charge is 0.161 e. The SMILES string of the molecule is CCCCCCCCCC(N)C1COc2ccccc2O1. The highest BCUT2D eigenvalue weighted by atomic mass is 16.6. The Hall–Kier alpha value is -1.22. The van der Waals surface area contributed by atoms with Gasteiger partial charge in [0, 0.05) is 6.04 Å². The second-order valence-electron chi connectivity index (χ2n) is 5.99. The van der Waals surface area contributed by atoms with Crippen LogP contribution in [0.3, 0.4) is 0 Å². The number of rotatable bonds is 9. The lowest BCUT2D eigenvalue weighted by Crippen LogP contribution is -2.44.